The second-order valence-corrected chi connectivity index (χ2v) is 4.99. The Balaban J connectivity index is 2.30. The molecular formula is C11H10ClF4N5. The van der Waals surface area contributed by atoms with Crippen LogP contribution in [0.25, 0.3) is 10.4 Å². The van der Waals surface area contributed by atoms with Crippen LogP contribution in [0.5, 0.6) is 0 Å². The number of hydrogen-bond donors (Lipinski definition) is 0. The van der Waals surface area contributed by atoms with Crippen LogP contribution < -0.4 is 0 Å². The molecule has 0 aliphatic carbocycles. The Bertz CT molecular complexity index is 543. The van der Waals surface area contributed by atoms with Gasteiger partial charge in [-0.05, 0) is 17.2 Å². The number of pyridine rings is 1. The van der Waals surface area contributed by atoms with Crippen molar-refractivity contribution in [1.29, 1.82) is 0 Å². The Morgan fingerprint density at radius 1 is 1.43 bits per heavy atom. The van der Waals surface area contributed by atoms with Crippen LogP contribution >= 0.6 is 11.6 Å². The molecule has 0 spiro atoms. The van der Waals surface area contributed by atoms with Gasteiger partial charge in [0.1, 0.15) is 17.4 Å². The van der Waals surface area contributed by atoms with Gasteiger partial charge < -0.3 is 0 Å². The van der Waals surface area contributed by atoms with Gasteiger partial charge in [0.05, 0.1) is 6.04 Å². The first-order valence-electron chi connectivity index (χ1n) is 5.93. The van der Waals surface area contributed by atoms with Crippen LogP contribution in [0.4, 0.5) is 17.6 Å². The van der Waals surface area contributed by atoms with Gasteiger partial charge in [0.2, 0.25) is 0 Å². The summed E-state index contributed by atoms with van der Waals surface area (Å²) >= 11 is 5.56. The maximum absolute atomic E-state index is 13.6. The number of nitrogens with zero attached hydrogens (tertiary/aromatic N) is 5. The third kappa shape index (κ3) is 3.55. The lowest BCUT2D eigenvalue weighted by Gasteiger charge is -2.29. The van der Waals surface area contributed by atoms with Crippen LogP contribution in [-0.4, -0.2) is 41.4 Å². The average molecular weight is 324 g/mol. The first-order chi connectivity index (χ1) is 9.82. The van der Waals surface area contributed by atoms with Gasteiger partial charge in [0.15, 0.2) is 0 Å². The molecule has 0 amide bonds. The number of azide groups is 1. The fourth-order valence-corrected chi connectivity index (χ4v) is 2.43. The summed E-state index contributed by atoms with van der Waals surface area (Å²) in [6, 6.07) is -0.704. The van der Waals surface area contributed by atoms with Gasteiger partial charge in [-0.25, -0.2) is 9.37 Å². The molecule has 21 heavy (non-hydrogen) atoms. The Labute approximate surface area is 122 Å². The minimum Gasteiger partial charge on any atom is -0.285 e. The molecule has 1 aromatic rings. The van der Waals surface area contributed by atoms with Crippen LogP contribution in [0, 0.1) is 0 Å². The molecule has 2 rings (SSSR count). The molecule has 1 aliphatic rings. The molecule has 1 aromatic heterocycles. The van der Waals surface area contributed by atoms with Crippen molar-refractivity contribution in [2.45, 2.75) is 24.4 Å². The van der Waals surface area contributed by atoms with Crippen LogP contribution in [0.3, 0.4) is 0 Å². The molecule has 0 aromatic carbocycles. The maximum Gasteiger partial charge on any atom is 0.408 e. The summed E-state index contributed by atoms with van der Waals surface area (Å²) in [6.07, 6.45) is -5.24. The third-order valence-corrected chi connectivity index (χ3v) is 3.41. The van der Waals surface area contributed by atoms with Crippen LogP contribution in [0.1, 0.15) is 11.6 Å². The van der Waals surface area contributed by atoms with Crippen molar-refractivity contribution in [1.82, 2.24) is 9.88 Å². The van der Waals surface area contributed by atoms with E-state index in [9.17, 15) is 17.6 Å². The first kappa shape index (κ1) is 15.8. The largest absolute Gasteiger partial charge is 0.408 e. The highest BCUT2D eigenvalue weighted by Crippen LogP contribution is 2.40. The lowest BCUT2D eigenvalue weighted by Crippen LogP contribution is -2.37. The summed E-state index contributed by atoms with van der Waals surface area (Å²) in [5.41, 5.74) is 8.16. The van der Waals surface area contributed by atoms with E-state index in [1.807, 2.05) is 0 Å². The molecule has 0 radical (unpaired) electrons. The zero-order valence-corrected chi connectivity index (χ0v) is 11.3. The fraction of sp³-hybridized carbons (Fsp3) is 0.545. The standard InChI is InChI=1S/C11H10ClF4N5/c12-9-2-1-6(3-18-9)10(11(14,15)16)21-4-7(13)8(5-21)19-20-17/h1-3,7-8,10H,4-5H2/t7?,8?,10-/m1/s1. The summed E-state index contributed by atoms with van der Waals surface area (Å²) in [5, 5.41) is 3.25. The topological polar surface area (TPSA) is 64.9 Å². The molecule has 0 N–H and O–H groups in total. The average Bonchev–Trinajstić information content (AvgIpc) is 2.72. The molecule has 2 unspecified atom stereocenters. The second-order valence-electron chi connectivity index (χ2n) is 4.60. The molecule has 2 heterocycles. The van der Waals surface area contributed by atoms with E-state index in [2.05, 4.69) is 15.0 Å². The SMILES string of the molecule is [N-]=[N+]=NC1CN([C@H](c2ccc(Cl)nc2)C(F)(F)F)CC1F. The number of alkyl halides is 4. The molecular weight excluding hydrogens is 314 g/mol. The van der Waals surface area contributed by atoms with E-state index < -0.39 is 31.0 Å². The van der Waals surface area contributed by atoms with Gasteiger partial charge in [-0.1, -0.05) is 22.8 Å². The molecule has 0 bridgehead atoms. The monoisotopic (exact) mass is 323 g/mol. The minimum atomic E-state index is -4.61. The number of rotatable bonds is 3. The van der Waals surface area contributed by atoms with E-state index >= 15 is 0 Å². The molecule has 10 heteroatoms. The molecule has 0 saturated carbocycles. The van der Waals surface area contributed by atoms with Crippen LogP contribution in [0.15, 0.2) is 23.4 Å². The lowest BCUT2D eigenvalue weighted by molar-refractivity contribution is -0.184. The summed E-state index contributed by atoms with van der Waals surface area (Å²) < 4.78 is 53.5. The highest BCUT2D eigenvalue weighted by Gasteiger charge is 2.49. The quantitative estimate of drug-likeness (QED) is 0.280. The second kappa shape index (κ2) is 6.05. The maximum atomic E-state index is 13.6. The number of aromatic nitrogens is 1. The Morgan fingerprint density at radius 3 is 2.67 bits per heavy atom. The van der Waals surface area contributed by atoms with E-state index in [-0.39, 0.29) is 17.3 Å². The molecule has 3 atom stereocenters. The lowest BCUT2D eigenvalue weighted by atomic mass is 10.1. The first-order valence-corrected chi connectivity index (χ1v) is 6.31. The summed E-state index contributed by atoms with van der Waals surface area (Å²) in [6.45, 7) is -0.769. The highest BCUT2D eigenvalue weighted by molar-refractivity contribution is 6.29. The zero-order chi connectivity index (χ0) is 15.6. The van der Waals surface area contributed by atoms with Crippen molar-refractivity contribution in [2.75, 3.05) is 13.1 Å². The number of likely N-dealkylation sites (tertiary alicyclic amines) is 1. The molecule has 1 fully saturated rings. The van der Waals surface area contributed by atoms with Gasteiger partial charge >= 0.3 is 6.18 Å². The van der Waals surface area contributed by atoms with Gasteiger partial charge in [0.25, 0.3) is 0 Å². The van der Waals surface area contributed by atoms with E-state index in [4.69, 9.17) is 17.1 Å². The molecule has 5 nitrogen and oxygen atoms in total. The van der Waals surface area contributed by atoms with E-state index in [1.54, 1.807) is 0 Å². The Hall–Kier alpha value is -1.57. The van der Waals surface area contributed by atoms with Gasteiger partial charge in [0, 0.05) is 24.2 Å². The van der Waals surface area contributed by atoms with Gasteiger partial charge in [-0.2, -0.15) is 13.2 Å². The van der Waals surface area contributed by atoms with Crippen molar-refractivity contribution in [2.24, 2.45) is 5.11 Å². The number of hydrogen-bond acceptors (Lipinski definition) is 3. The van der Waals surface area contributed by atoms with Gasteiger partial charge in [-0.3, -0.25) is 4.90 Å². The Kier molecular flexibility index (Phi) is 4.55. The number of halogens is 5. The molecule has 114 valence electrons. The van der Waals surface area contributed by atoms with Crippen molar-refractivity contribution in [3.05, 3.63) is 39.5 Å². The smallest absolute Gasteiger partial charge is 0.285 e. The van der Waals surface area contributed by atoms with Crippen LogP contribution in [-0.2, 0) is 0 Å². The summed E-state index contributed by atoms with van der Waals surface area (Å²) in [5.74, 6) is 0. The third-order valence-electron chi connectivity index (χ3n) is 3.19. The van der Waals surface area contributed by atoms with E-state index in [0.29, 0.717) is 0 Å². The highest BCUT2D eigenvalue weighted by atomic mass is 35.5. The zero-order valence-electron chi connectivity index (χ0n) is 10.5. The Morgan fingerprint density at radius 2 is 2.14 bits per heavy atom. The van der Waals surface area contributed by atoms with Crippen molar-refractivity contribution >= 4 is 11.6 Å². The van der Waals surface area contributed by atoms with Crippen molar-refractivity contribution in [3.63, 3.8) is 0 Å². The summed E-state index contributed by atoms with van der Waals surface area (Å²) in [7, 11) is 0. The molecule has 1 aliphatic heterocycles. The van der Waals surface area contributed by atoms with E-state index in [1.165, 1.54) is 12.1 Å². The summed E-state index contributed by atoms with van der Waals surface area (Å²) in [4.78, 5) is 6.98. The van der Waals surface area contributed by atoms with Crippen molar-refractivity contribution in [3.8, 4) is 0 Å². The van der Waals surface area contributed by atoms with Crippen molar-refractivity contribution < 1.29 is 17.6 Å². The van der Waals surface area contributed by atoms with Crippen LogP contribution in [0.2, 0.25) is 5.15 Å². The predicted molar refractivity (Wildman–Crippen MR) is 67.4 cm³/mol. The normalized spacial score (nSPS) is 24.6. The minimum absolute atomic E-state index is 0.0661. The molecule has 1 saturated heterocycles. The predicted octanol–water partition coefficient (Wildman–Crippen LogP) is 3.67. The van der Waals surface area contributed by atoms with E-state index in [0.717, 1.165) is 11.1 Å². The fourth-order valence-electron chi connectivity index (χ4n) is 2.32. The van der Waals surface area contributed by atoms with Gasteiger partial charge in [-0.15, -0.1) is 0 Å².